The van der Waals surface area contributed by atoms with Gasteiger partial charge in [-0.15, -0.1) is 0 Å². The summed E-state index contributed by atoms with van der Waals surface area (Å²) in [7, 11) is 3.59. The van der Waals surface area contributed by atoms with Gasteiger partial charge in [-0.05, 0) is 20.0 Å². The molecule has 1 rings (SSSR count). The molecule has 0 unspecified atom stereocenters. The summed E-state index contributed by atoms with van der Waals surface area (Å²) in [5.41, 5.74) is -0.443. The van der Waals surface area contributed by atoms with Gasteiger partial charge in [0.25, 0.3) is 0 Å². The van der Waals surface area contributed by atoms with E-state index < -0.39 is 5.41 Å². The fourth-order valence-electron chi connectivity index (χ4n) is 1.65. The lowest BCUT2D eigenvalue weighted by molar-refractivity contribution is 0.0675. The number of methoxy groups -OCH3 is 1. The molecular weight excluding hydrogens is 181 g/mol. The van der Waals surface area contributed by atoms with Gasteiger partial charge in [0.2, 0.25) is 0 Å². The molecule has 1 atom stereocenters. The van der Waals surface area contributed by atoms with Crippen LogP contribution in [0, 0.1) is 5.41 Å². The van der Waals surface area contributed by atoms with Crippen LogP contribution in [0.4, 0.5) is 4.39 Å². The first-order valence-electron chi connectivity index (χ1n) is 5.12. The minimum atomic E-state index is -0.443. The van der Waals surface area contributed by atoms with Crippen molar-refractivity contribution >= 4 is 0 Å². The van der Waals surface area contributed by atoms with Gasteiger partial charge in [-0.25, -0.2) is 4.39 Å². The smallest absolute Gasteiger partial charge is 0.107 e. The van der Waals surface area contributed by atoms with Crippen molar-refractivity contribution in [3.8, 4) is 0 Å². The standard InChI is InChI=1S/C9H16FNO.C2H6/c1-9(7-12-3)6-11(2)5-4-8(9)10;1-2/h4H,5-7H2,1-3H3;1-2H3/t9-;/m0./s1. The summed E-state index contributed by atoms with van der Waals surface area (Å²) in [6.07, 6.45) is 1.63. The van der Waals surface area contributed by atoms with Crippen molar-refractivity contribution < 1.29 is 9.13 Å². The van der Waals surface area contributed by atoms with Crippen LogP contribution in [0.1, 0.15) is 20.8 Å². The zero-order valence-electron chi connectivity index (χ0n) is 9.93. The van der Waals surface area contributed by atoms with Crippen molar-refractivity contribution in [2.24, 2.45) is 5.41 Å². The van der Waals surface area contributed by atoms with Crippen LogP contribution in [0.25, 0.3) is 0 Å². The lowest BCUT2D eigenvalue weighted by Crippen LogP contribution is -2.41. The monoisotopic (exact) mass is 203 g/mol. The summed E-state index contributed by atoms with van der Waals surface area (Å²) >= 11 is 0. The molecule has 3 heteroatoms. The van der Waals surface area contributed by atoms with Gasteiger partial charge in [0.1, 0.15) is 5.83 Å². The summed E-state index contributed by atoms with van der Waals surface area (Å²) in [6.45, 7) is 7.76. The maximum absolute atomic E-state index is 13.3. The molecule has 0 bridgehead atoms. The Labute approximate surface area is 86.7 Å². The average molecular weight is 203 g/mol. The zero-order chi connectivity index (χ0) is 11.2. The maximum atomic E-state index is 13.3. The van der Waals surface area contributed by atoms with Gasteiger partial charge in [-0.3, -0.25) is 0 Å². The SMILES string of the molecule is CC.COC[C@]1(C)CN(C)CC=C1F. The largest absolute Gasteiger partial charge is 0.384 e. The molecule has 0 fully saturated rings. The van der Waals surface area contributed by atoms with E-state index in [1.165, 1.54) is 0 Å². The second-order valence-electron chi connectivity index (χ2n) is 3.74. The molecule has 0 saturated heterocycles. The highest BCUT2D eigenvalue weighted by Crippen LogP contribution is 2.31. The van der Waals surface area contributed by atoms with E-state index in [2.05, 4.69) is 4.90 Å². The summed E-state index contributed by atoms with van der Waals surface area (Å²) in [4.78, 5) is 2.09. The van der Waals surface area contributed by atoms with Gasteiger partial charge in [0.15, 0.2) is 0 Å². The van der Waals surface area contributed by atoms with E-state index in [4.69, 9.17) is 4.74 Å². The van der Waals surface area contributed by atoms with E-state index in [-0.39, 0.29) is 5.83 Å². The van der Waals surface area contributed by atoms with Gasteiger partial charge in [-0.2, -0.15) is 0 Å². The summed E-state index contributed by atoms with van der Waals surface area (Å²) in [5, 5.41) is 0. The number of ether oxygens (including phenoxy) is 1. The first-order chi connectivity index (χ1) is 6.58. The number of nitrogens with zero attached hydrogens (tertiary/aromatic N) is 1. The molecular formula is C11H22FNO. The molecule has 0 radical (unpaired) electrons. The highest BCUT2D eigenvalue weighted by atomic mass is 19.1. The van der Waals surface area contributed by atoms with Crippen LogP contribution >= 0.6 is 0 Å². The van der Waals surface area contributed by atoms with Gasteiger partial charge in [0.05, 0.1) is 12.0 Å². The predicted molar refractivity (Wildman–Crippen MR) is 58.0 cm³/mol. The number of likely N-dealkylation sites (N-methyl/N-ethyl adjacent to an activating group) is 1. The molecule has 0 N–H and O–H groups in total. The van der Waals surface area contributed by atoms with E-state index in [9.17, 15) is 4.39 Å². The molecule has 14 heavy (non-hydrogen) atoms. The van der Waals surface area contributed by atoms with E-state index in [1.54, 1.807) is 13.2 Å². The van der Waals surface area contributed by atoms with Gasteiger partial charge in [0, 0.05) is 20.2 Å². The lowest BCUT2D eigenvalue weighted by Gasteiger charge is -2.35. The highest BCUT2D eigenvalue weighted by Gasteiger charge is 2.33. The summed E-state index contributed by atoms with van der Waals surface area (Å²) in [5.74, 6) is -0.0394. The Kier molecular flexibility index (Phi) is 5.96. The van der Waals surface area contributed by atoms with Crippen LogP contribution in [0.2, 0.25) is 0 Å². The molecule has 0 aromatic carbocycles. The third-order valence-corrected chi connectivity index (χ3v) is 2.24. The van der Waals surface area contributed by atoms with Crippen LogP contribution in [0.5, 0.6) is 0 Å². The number of hydrogen-bond acceptors (Lipinski definition) is 2. The fourth-order valence-corrected chi connectivity index (χ4v) is 1.65. The van der Waals surface area contributed by atoms with Crippen molar-refractivity contribution in [2.75, 3.05) is 33.9 Å². The van der Waals surface area contributed by atoms with Crippen molar-refractivity contribution in [2.45, 2.75) is 20.8 Å². The zero-order valence-corrected chi connectivity index (χ0v) is 9.93. The quantitative estimate of drug-likeness (QED) is 0.683. The Hall–Kier alpha value is -0.410. The highest BCUT2D eigenvalue weighted by molar-refractivity contribution is 5.11. The van der Waals surface area contributed by atoms with Crippen LogP contribution in [0.3, 0.4) is 0 Å². The molecule has 1 heterocycles. The van der Waals surface area contributed by atoms with E-state index in [0.717, 1.165) is 6.54 Å². The summed E-state index contributed by atoms with van der Waals surface area (Å²) < 4.78 is 18.3. The van der Waals surface area contributed by atoms with Crippen molar-refractivity contribution in [1.82, 2.24) is 4.90 Å². The molecule has 0 saturated carbocycles. The third-order valence-electron chi connectivity index (χ3n) is 2.24. The average Bonchev–Trinajstić information content (AvgIpc) is 2.16. The first kappa shape index (κ1) is 13.6. The molecule has 0 amide bonds. The van der Waals surface area contributed by atoms with Gasteiger partial charge in [-0.1, -0.05) is 13.8 Å². The minimum Gasteiger partial charge on any atom is -0.384 e. The Morgan fingerprint density at radius 2 is 2.14 bits per heavy atom. The molecule has 2 nitrogen and oxygen atoms in total. The molecule has 1 aliphatic heterocycles. The van der Waals surface area contributed by atoms with Crippen LogP contribution in [-0.4, -0.2) is 38.8 Å². The van der Waals surface area contributed by atoms with Gasteiger partial charge >= 0.3 is 0 Å². The van der Waals surface area contributed by atoms with E-state index in [0.29, 0.717) is 13.2 Å². The fraction of sp³-hybridized carbons (Fsp3) is 0.818. The number of rotatable bonds is 2. The Balaban J connectivity index is 0.000000791. The molecule has 0 spiro atoms. The van der Waals surface area contributed by atoms with Crippen LogP contribution < -0.4 is 0 Å². The molecule has 0 aromatic heterocycles. The van der Waals surface area contributed by atoms with Gasteiger partial charge < -0.3 is 9.64 Å². The van der Waals surface area contributed by atoms with Crippen molar-refractivity contribution in [1.29, 1.82) is 0 Å². The Bertz CT molecular complexity index is 194. The topological polar surface area (TPSA) is 12.5 Å². The molecule has 0 aliphatic carbocycles. The van der Waals surface area contributed by atoms with Crippen LogP contribution in [-0.2, 0) is 4.74 Å². The van der Waals surface area contributed by atoms with E-state index >= 15 is 0 Å². The predicted octanol–water partition coefficient (Wildman–Crippen LogP) is 2.46. The number of halogens is 1. The lowest BCUT2D eigenvalue weighted by atomic mass is 9.87. The Morgan fingerprint density at radius 1 is 1.57 bits per heavy atom. The molecule has 1 aliphatic rings. The maximum Gasteiger partial charge on any atom is 0.107 e. The second kappa shape index (κ2) is 6.14. The number of hydrogen-bond donors (Lipinski definition) is 0. The molecule has 0 aromatic rings. The van der Waals surface area contributed by atoms with E-state index in [1.807, 2.05) is 27.8 Å². The van der Waals surface area contributed by atoms with Crippen molar-refractivity contribution in [3.05, 3.63) is 11.9 Å². The summed E-state index contributed by atoms with van der Waals surface area (Å²) in [6, 6.07) is 0. The first-order valence-corrected chi connectivity index (χ1v) is 5.12. The normalized spacial score (nSPS) is 27.7. The second-order valence-corrected chi connectivity index (χ2v) is 3.74. The minimum absolute atomic E-state index is 0.0394. The third kappa shape index (κ3) is 3.39. The Morgan fingerprint density at radius 3 is 2.64 bits per heavy atom. The van der Waals surface area contributed by atoms with Crippen molar-refractivity contribution in [3.63, 3.8) is 0 Å². The van der Waals surface area contributed by atoms with Crippen LogP contribution in [0.15, 0.2) is 11.9 Å². The molecule has 84 valence electrons.